The van der Waals surface area contributed by atoms with E-state index in [1.807, 2.05) is 0 Å². The van der Waals surface area contributed by atoms with Crippen molar-refractivity contribution >= 4 is 34.7 Å². The number of hydrogen-bond acceptors (Lipinski definition) is 0. The molecule has 0 amide bonds. The molecule has 6 heavy (non-hydrogen) atoms. The predicted molar refractivity (Wildman–Crippen MR) is 31.5 cm³/mol. The zero-order valence-electron chi connectivity index (χ0n) is 5.78. The van der Waals surface area contributed by atoms with Gasteiger partial charge in [0.15, 0.2) is 0 Å². The summed E-state index contributed by atoms with van der Waals surface area (Å²) >= 11 is 5.55. The third kappa shape index (κ3) is 1.67. The first-order valence-corrected chi connectivity index (χ1v) is 2.47. The van der Waals surface area contributed by atoms with Crippen LogP contribution in [0.25, 0.3) is 0 Å². The molecule has 0 aromatic rings. The molecule has 0 spiro atoms. The van der Waals surface area contributed by atoms with Crippen LogP contribution in [-0.4, -0.2) is 28.4 Å². The zero-order valence-corrected chi connectivity index (χ0v) is 5.95. The topological polar surface area (TPSA) is 0 Å². The maximum Gasteiger partial charge on any atom is 2.00 e. The van der Waals surface area contributed by atoms with E-state index in [2.05, 4.69) is 0 Å². The van der Waals surface area contributed by atoms with Crippen molar-refractivity contribution in [2.75, 3.05) is 0 Å². The van der Waals surface area contributed by atoms with Crippen molar-refractivity contribution in [1.29, 1.82) is 0 Å². The molecular formula is C4H9ClMg. The second kappa shape index (κ2) is 3.11. The average Bonchev–Trinajstić information content (AvgIpc) is 1.30. The van der Waals surface area contributed by atoms with Gasteiger partial charge < -0.3 is 2.85 Å². The Bertz CT molecular complexity index is 41.0. The molecule has 0 radical (unpaired) electrons. The van der Waals surface area contributed by atoms with Gasteiger partial charge in [0, 0.05) is 5.38 Å². The van der Waals surface area contributed by atoms with Crippen LogP contribution in [-0.2, 0) is 0 Å². The van der Waals surface area contributed by atoms with Crippen LogP contribution in [0.2, 0.25) is 0 Å². The van der Waals surface area contributed by atoms with Crippen LogP contribution in [0.3, 0.4) is 0 Å². The van der Waals surface area contributed by atoms with Gasteiger partial charge in [-0.1, -0.05) is 6.42 Å². The third-order valence-corrected chi connectivity index (χ3v) is 1.47. The fourth-order valence-corrected chi connectivity index (χ4v) is 0.667. The van der Waals surface area contributed by atoms with Crippen molar-refractivity contribution in [2.24, 2.45) is 0 Å². The van der Waals surface area contributed by atoms with Crippen LogP contribution in [0.1, 0.15) is 22.1 Å². The molecule has 0 N–H and O–H groups in total. The van der Waals surface area contributed by atoms with E-state index in [1.54, 1.807) is 0 Å². The normalized spacial score (nSPS) is 21.5. The Morgan fingerprint density at radius 3 is 1.83 bits per heavy atom. The van der Waals surface area contributed by atoms with Crippen molar-refractivity contribution in [1.82, 2.24) is 0 Å². The van der Waals surface area contributed by atoms with Crippen LogP contribution < -0.4 is 0 Å². The minimum atomic E-state index is 0. The number of hydrogen-bond donors (Lipinski definition) is 0. The van der Waals surface area contributed by atoms with Gasteiger partial charge in [-0.25, -0.2) is 0 Å². The van der Waals surface area contributed by atoms with E-state index in [0.29, 0.717) is 5.38 Å². The quantitative estimate of drug-likeness (QED) is 0.334. The molecule has 0 bridgehead atoms. The Balaban J connectivity index is -0.0000000833. The number of halogens is 1. The average molecular weight is 117 g/mol. The molecule has 0 atom stereocenters. The van der Waals surface area contributed by atoms with E-state index in [0.717, 1.165) is 0 Å². The minimum absolute atomic E-state index is 0. The Morgan fingerprint density at radius 2 is 1.83 bits per heavy atom. The van der Waals surface area contributed by atoms with Crippen molar-refractivity contribution < 1.29 is 2.85 Å². The van der Waals surface area contributed by atoms with Crippen molar-refractivity contribution in [3.8, 4) is 0 Å². The van der Waals surface area contributed by atoms with E-state index >= 15 is 0 Å². The van der Waals surface area contributed by atoms with Crippen molar-refractivity contribution in [2.45, 2.75) is 24.6 Å². The molecule has 0 aromatic heterocycles. The molecule has 1 saturated carbocycles. The molecule has 34 valence electrons. The molecule has 0 aromatic carbocycles. The summed E-state index contributed by atoms with van der Waals surface area (Å²) in [6.07, 6.45) is 3.86. The van der Waals surface area contributed by atoms with E-state index in [4.69, 9.17) is 11.6 Å². The van der Waals surface area contributed by atoms with Gasteiger partial charge in [0.2, 0.25) is 0 Å². The molecule has 1 fully saturated rings. The van der Waals surface area contributed by atoms with Gasteiger partial charge in [-0.15, -0.1) is 11.6 Å². The van der Waals surface area contributed by atoms with Gasteiger partial charge in [0.25, 0.3) is 0 Å². The molecule has 0 nitrogen and oxygen atoms in total. The summed E-state index contributed by atoms with van der Waals surface area (Å²) in [4.78, 5) is 0. The van der Waals surface area contributed by atoms with Crippen LogP contribution in [0.4, 0.5) is 0 Å². The van der Waals surface area contributed by atoms with Crippen LogP contribution >= 0.6 is 11.6 Å². The molecule has 0 saturated heterocycles. The van der Waals surface area contributed by atoms with Crippen LogP contribution in [0.15, 0.2) is 0 Å². The second-order valence-corrected chi connectivity index (χ2v) is 2.15. The summed E-state index contributed by atoms with van der Waals surface area (Å²) in [5, 5.41) is 0.537. The monoisotopic (exact) mass is 116 g/mol. The molecule has 0 heterocycles. The fraction of sp³-hybridized carbons (Fsp3) is 1.00. The summed E-state index contributed by atoms with van der Waals surface area (Å²) in [5.41, 5.74) is 0. The summed E-state index contributed by atoms with van der Waals surface area (Å²) in [7, 11) is 0. The van der Waals surface area contributed by atoms with Gasteiger partial charge in [0.1, 0.15) is 0 Å². The number of rotatable bonds is 0. The Morgan fingerprint density at radius 1 is 1.50 bits per heavy atom. The first-order chi connectivity index (χ1) is 2.39. The maximum absolute atomic E-state index is 5.55. The maximum atomic E-state index is 5.55. The Kier molecular flexibility index (Phi) is 3.66. The van der Waals surface area contributed by atoms with Gasteiger partial charge in [-0.2, -0.15) is 0 Å². The minimum Gasteiger partial charge on any atom is -1.00 e. The van der Waals surface area contributed by atoms with Crippen LogP contribution in [0, 0.1) is 0 Å². The molecule has 1 aliphatic rings. The standard InChI is InChI=1S/C4H7Cl.Mg.2H/c5-4-2-1-3-4;;;/h4H,1-3H2;;;/q;+2;2*-1. The first-order valence-electron chi connectivity index (χ1n) is 2.03. The van der Waals surface area contributed by atoms with E-state index in [1.165, 1.54) is 19.3 Å². The first kappa shape index (κ1) is 7.06. The molecule has 1 aliphatic carbocycles. The molecule has 1 rings (SSSR count). The summed E-state index contributed by atoms with van der Waals surface area (Å²) < 4.78 is 0. The van der Waals surface area contributed by atoms with Gasteiger partial charge >= 0.3 is 23.1 Å². The Hall–Kier alpha value is 1.06. The number of alkyl halides is 1. The SMILES string of the molecule is ClC1CCC1.[H-].[H-].[Mg+2]. The van der Waals surface area contributed by atoms with E-state index in [9.17, 15) is 0 Å². The second-order valence-electron chi connectivity index (χ2n) is 1.53. The molecular weight excluding hydrogens is 108 g/mol. The predicted octanol–water partition coefficient (Wildman–Crippen LogP) is 1.62. The van der Waals surface area contributed by atoms with Gasteiger partial charge in [0.05, 0.1) is 0 Å². The van der Waals surface area contributed by atoms with Crippen molar-refractivity contribution in [3.63, 3.8) is 0 Å². The fourth-order valence-electron chi connectivity index (χ4n) is 0.358. The van der Waals surface area contributed by atoms with E-state index in [-0.39, 0.29) is 25.9 Å². The van der Waals surface area contributed by atoms with E-state index < -0.39 is 0 Å². The molecule has 0 aliphatic heterocycles. The van der Waals surface area contributed by atoms with Gasteiger partial charge in [-0.3, -0.25) is 0 Å². The largest absolute Gasteiger partial charge is 2.00 e. The summed E-state index contributed by atoms with van der Waals surface area (Å²) in [6, 6.07) is 0. The van der Waals surface area contributed by atoms with Gasteiger partial charge in [-0.05, 0) is 12.8 Å². The Labute approximate surface area is 62.4 Å². The molecule has 0 unspecified atom stereocenters. The zero-order chi connectivity index (χ0) is 3.70. The summed E-state index contributed by atoms with van der Waals surface area (Å²) in [5.74, 6) is 0. The third-order valence-electron chi connectivity index (χ3n) is 1.03. The smallest absolute Gasteiger partial charge is 1.00 e. The molecule has 2 heteroatoms. The van der Waals surface area contributed by atoms with Crippen molar-refractivity contribution in [3.05, 3.63) is 0 Å². The summed E-state index contributed by atoms with van der Waals surface area (Å²) in [6.45, 7) is 0. The van der Waals surface area contributed by atoms with Crippen LogP contribution in [0.5, 0.6) is 0 Å².